The second-order valence-electron chi connectivity index (χ2n) is 4.65. The van der Waals surface area contributed by atoms with E-state index in [1.807, 2.05) is 0 Å². The molecule has 0 radical (unpaired) electrons. The van der Waals surface area contributed by atoms with Crippen LogP contribution in [0.1, 0.15) is 12.8 Å². The van der Waals surface area contributed by atoms with Crippen molar-refractivity contribution in [2.75, 3.05) is 12.8 Å². The molecule has 2 saturated heterocycles. The van der Waals surface area contributed by atoms with Crippen LogP contribution in [-0.4, -0.2) is 73.1 Å². The molecule has 2 rings (SSSR count). The Morgan fingerprint density at radius 1 is 1.32 bits per heavy atom. The number of nitrogens with zero attached hydrogens (tertiary/aromatic N) is 3. The summed E-state index contributed by atoms with van der Waals surface area (Å²) in [7, 11) is -9.01. The maximum Gasteiger partial charge on any atom is 1.00 e. The largest absolute Gasteiger partial charge is 1.00 e. The van der Waals surface area contributed by atoms with Crippen molar-refractivity contribution in [1.29, 1.82) is 0 Å². The first-order chi connectivity index (χ1) is 9.54. The Hall–Kier alpha value is -0.440. The third-order valence-electron chi connectivity index (χ3n) is 3.24. The molecule has 0 aromatic carbocycles. The maximum absolute atomic E-state index is 12.0. The number of hydrogen-bond acceptors (Lipinski definition) is 8. The fourth-order valence-corrected chi connectivity index (χ4v) is 3.64. The van der Waals surface area contributed by atoms with Gasteiger partial charge in [0.25, 0.3) is 0 Å². The monoisotopic (exact) mass is 365 g/mol. The predicted molar refractivity (Wildman–Crippen MR) is 64.3 cm³/mol. The Morgan fingerprint density at radius 2 is 1.91 bits per heavy atom. The van der Waals surface area contributed by atoms with Gasteiger partial charge >= 0.3 is 35.6 Å². The first-order valence-electron chi connectivity index (χ1n) is 5.73. The van der Waals surface area contributed by atoms with Crippen LogP contribution in [0.15, 0.2) is 0 Å². The average molecular weight is 365 g/mol. The molecule has 0 aromatic rings. The number of rotatable bonds is 5. The number of urea groups is 1. The van der Waals surface area contributed by atoms with Crippen molar-refractivity contribution in [3.05, 3.63) is 0 Å². The third kappa shape index (κ3) is 3.90. The van der Waals surface area contributed by atoms with Crippen LogP contribution in [0.25, 0.3) is 0 Å². The Bertz CT molecular complexity index is 665. The van der Waals surface area contributed by atoms with Crippen molar-refractivity contribution in [2.45, 2.75) is 25.0 Å². The SMILES string of the molecule is CS(=O)(=O)N(C=O)[C@H]1CC[C@@H]2CN1C(=O)N2OS(=O)(=O)[O-].[Na+]. The van der Waals surface area contributed by atoms with E-state index in [0.29, 0.717) is 9.37 Å². The van der Waals surface area contributed by atoms with Crippen molar-refractivity contribution in [3.63, 3.8) is 0 Å². The van der Waals surface area contributed by atoms with E-state index in [1.54, 1.807) is 0 Å². The molecule has 0 aromatic heterocycles. The fraction of sp³-hybridized carbons (Fsp3) is 0.750. The molecule has 120 valence electrons. The molecule has 0 spiro atoms. The zero-order chi connectivity index (χ0) is 16.0. The number of hydrogen-bond donors (Lipinski definition) is 0. The zero-order valence-electron chi connectivity index (χ0n) is 11.8. The summed E-state index contributed by atoms with van der Waals surface area (Å²) < 4.78 is 59.4. The van der Waals surface area contributed by atoms with E-state index >= 15 is 0 Å². The van der Waals surface area contributed by atoms with Gasteiger partial charge in [-0.2, -0.15) is 9.35 Å². The fourth-order valence-electron chi connectivity index (χ4n) is 2.44. The molecule has 0 N–H and O–H groups in total. The minimum absolute atomic E-state index is 0. The van der Waals surface area contributed by atoms with Crippen molar-refractivity contribution < 1.29 is 64.8 Å². The number of hydroxylamine groups is 2. The molecule has 0 saturated carbocycles. The Morgan fingerprint density at radius 3 is 2.36 bits per heavy atom. The number of amides is 3. The Balaban J connectivity index is 0.00000242. The molecular weight excluding hydrogens is 353 g/mol. The minimum atomic E-state index is -5.12. The molecule has 2 fully saturated rings. The number of sulfonamides is 1. The van der Waals surface area contributed by atoms with Gasteiger partial charge in [0.05, 0.1) is 12.3 Å². The molecule has 2 aliphatic heterocycles. The van der Waals surface area contributed by atoms with Crippen molar-refractivity contribution in [3.8, 4) is 0 Å². The van der Waals surface area contributed by atoms with Crippen LogP contribution >= 0.6 is 0 Å². The van der Waals surface area contributed by atoms with Crippen LogP contribution in [0.4, 0.5) is 4.79 Å². The Labute approximate surface area is 149 Å². The summed E-state index contributed by atoms with van der Waals surface area (Å²) in [5, 5.41) is 0.410. The second kappa shape index (κ2) is 6.59. The standard InChI is InChI=1S/C8H13N3O8S2.Na/c1-20(14,15)10(5-12)7-3-2-6-4-9(7)8(13)11(6)19-21(16,17)18;/h5-7H,2-4H2,1H3,(H,16,17,18);/q;+1/p-1/t6-,7+;/m1./s1. The van der Waals surface area contributed by atoms with Gasteiger partial charge < -0.3 is 4.55 Å². The van der Waals surface area contributed by atoms with Crippen molar-refractivity contribution in [1.82, 2.24) is 14.3 Å². The van der Waals surface area contributed by atoms with Crippen LogP contribution in [-0.2, 0) is 29.5 Å². The first-order valence-corrected chi connectivity index (χ1v) is 8.92. The summed E-state index contributed by atoms with van der Waals surface area (Å²) in [5.74, 6) is 0. The molecular formula is C8H12N3NaO8S2. The molecule has 2 atom stereocenters. The summed E-state index contributed by atoms with van der Waals surface area (Å²) in [4.78, 5) is 24.0. The average Bonchev–Trinajstić information content (AvgIpc) is 2.55. The molecule has 22 heavy (non-hydrogen) atoms. The topological polar surface area (TPSA) is 144 Å². The van der Waals surface area contributed by atoms with Gasteiger partial charge in [0.1, 0.15) is 6.17 Å². The van der Waals surface area contributed by atoms with E-state index < -0.39 is 38.7 Å². The quantitative estimate of drug-likeness (QED) is 0.204. The van der Waals surface area contributed by atoms with Gasteiger partial charge in [-0.25, -0.2) is 25.9 Å². The van der Waals surface area contributed by atoms with Crippen LogP contribution in [0, 0.1) is 0 Å². The molecule has 0 unspecified atom stereocenters. The number of carbonyl (C=O) groups is 2. The third-order valence-corrected chi connectivity index (χ3v) is 4.68. The minimum Gasteiger partial charge on any atom is -0.724 e. The van der Waals surface area contributed by atoms with Crippen molar-refractivity contribution >= 4 is 32.9 Å². The molecule has 11 nitrogen and oxygen atoms in total. The van der Waals surface area contributed by atoms with Crippen LogP contribution < -0.4 is 29.6 Å². The van der Waals surface area contributed by atoms with Gasteiger partial charge in [0, 0.05) is 6.54 Å². The normalized spacial score (nSPS) is 24.9. The van der Waals surface area contributed by atoms with Gasteiger partial charge in [0.2, 0.25) is 26.8 Å². The summed E-state index contributed by atoms with van der Waals surface area (Å²) in [6.07, 6.45) is 0.124. The Kier molecular flexibility index (Phi) is 5.87. The smallest absolute Gasteiger partial charge is 0.724 e. The van der Waals surface area contributed by atoms with Gasteiger partial charge in [-0.1, -0.05) is 0 Å². The second-order valence-corrected chi connectivity index (χ2v) is 7.51. The number of fused-ring (bicyclic) bond motifs is 2. The maximum atomic E-state index is 12.0. The van der Waals surface area contributed by atoms with E-state index in [0.717, 1.165) is 11.2 Å². The van der Waals surface area contributed by atoms with Crippen LogP contribution in [0.3, 0.4) is 0 Å². The summed E-state index contributed by atoms with van der Waals surface area (Å²) in [6.45, 7) is -0.0428. The molecule has 14 heteroatoms. The van der Waals surface area contributed by atoms with Gasteiger partial charge in [0.15, 0.2) is 0 Å². The zero-order valence-corrected chi connectivity index (χ0v) is 15.4. The molecule has 3 amide bonds. The number of carbonyl (C=O) groups excluding carboxylic acids is 2. The van der Waals surface area contributed by atoms with E-state index in [9.17, 15) is 31.0 Å². The van der Waals surface area contributed by atoms with E-state index in [1.165, 1.54) is 0 Å². The molecule has 0 aliphatic carbocycles. The van der Waals surface area contributed by atoms with Gasteiger partial charge in [-0.15, -0.1) is 0 Å². The van der Waals surface area contributed by atoms with Gasteiger partial charge in [-0.3, -0.25) is 9.69 Å². The molecule has 2 bridgehead atoms. The first kappa shape index (κ1) is 19.6. The van der Waals surface area contributed by atoms with Gasteiger partial charge in [-0.05, 0) is 12.8 Å². The number of piperidine rings is 1. The van der Waals surface area contributed by atoms with Crippen LogP contribution in [0.5, 0.6) is 0 Å². The van der Waals surface area contributed by atoms with E-state index in [2.05, 4.69) is 4.28 Å². The molecule has 2 aliphatic rings. The van der Waals surface area contributed by atoms with Crippen molar-refractivity contribution in [2.24, 2.45) is 0 Å². The predicted octanol–water partition coefficient (Wildman–Crippen LogP) is -4.97. The summed E-state index contributed by atoms with van der Waals surface area (Å²) in [6, 6.07) is -1.66. The molecule has 2 heterocycles. The van der Waals surface area contributed by atoms with E-state index in [4.69, 9.17) is 0 Å². The summed E-state index contributed by atoms with van der Waals surface area (Å²) >= 11 is 0. The summed E-state index contributed by atoms with van der Waals surface area (Å²) in [5.41, 5.74) is 0. The van der Waals surface area contributed by atoms with E-state index in [-0.39, 0.29) is 55.4 Å². The van der Waals surface area contributed by atoms with Crippen LogP contribution in [0.2, 0.25) is 0 Å².